The maximum atomic E-state index is 12.4. The second-order valence-electron chi connectivity index (χ2n) is 4.79. The molecule has 0 fully saturated rings. The minimum Gasteiger partial charge on any atom is -0.409 e. The van der Waals surface area contributed by atoms with Gasteiger partial charge >= 0.3 is 12.2 Å². The zero-order chi connectivity index (χ0) is 17.4. The van der Waals surface area contributed by atoms with Crippen molar-refractivity contribution in [3.63, 3.8) is 0 Å². The monoisotopic (exact) mass is 328 g/mol. The number of para-hydroxylation sites is 2. The van der Waals surface area contributed by atoms with Crippen LogP contribution in [-0.2, 0) is 0 Å². The number of benzene rings is 2. The van der Waals surface area contributed by atoms with E-state index in [9.17, 15) is 9.59 Å². The number of hydrazine groups is 1. The largest absolute Gasteiger partial charge is 0.434 e. The Morgan fingerprint density at radius 1 is 0.708 bits per heavy atom. The molecule has 2 rings (SSSR count). The third-order valence-corrected chi connectivity index (χ3v) is 3.21. The Morgan fingerprint density at radius 2 is 1.04 bits per heavy atom. The van der Waals surface area contributed by atoms with Crippen molar-refractivity contribution in [1.29, 1.82) is 0 Å². The summed E-state index contributed by atoms with van der Waals surface area (Å²) in [6, 6.07) is 17.4. The molecule has 0 atom stereocenters. The molecule has 0 radical (unpaired) electrons. The van der Waals surface area contributed by atoms with Gasteiger partial charge in [0.15, 0.2) is 0 Å². The highest BCUT2D eigenvalue weighted by Crippen LogP contribution is 2.14. The predicted molar refractivity (Wildman–Crippen MR) is 89.7 cm³/mol. The molecule has 24 heavy (non-hydrogen) atoms. The number of nitrogens with zero attached hydrogens (tertiary/aromatic N) is 2. The summed E-state index contributed by atoms with van der Waals surface area (Å²) >= 11 is 0. The highest BCUT2D eigenvalue weighted by molar-refractivity contribution is 5.76. The van der Waals surface area contributed by atoms with Crippen LogP contribution in [0.3, 0.4) is 0 Å². The Hall–Kier alpha value is -3.02. The van der Waals surface area contributed by atoms with E-state index in [1.54, 1.807) is 62.4 Å². The molecule has 0 saturated carbocycles. The molecule has 2 aromatic rings. The van der Waals surface area contributed by atoms with Crippen molar-refractivity contribution in [3.8, 4) is 11.5 Å². The van der Waals surface area contributed by atoms with Gasteiger partial charge in [-0.15, -0.1) is 0 Å². The van der Waals surface area contributed by atoms with Gasteiger partial charge in [-0.1, -0.05) is 36.4 Å². The number of carbonyl (C=O) groups excluding carboxylic acids is 2. The van der Waals surface area contributed by atoms with Crippen LogP contribution in [0.5, 0.6) is 11.5 Å². The van der Waals surface area contributed by atoms with Gasteiger partial charge in [0.2, 0.25) is 0 Å². The summed E-state index contributed by atoms with van der Waals surface area (Å²) in [7, 11) is 0. The molecule has 2 aromatic carbocycles. The van der Waals surface area contributed by atoms with Crippen LogP contribution < -0.4 is 9.47 Å². The summed E-state index contributed by atoms with van der Waals surface area (Å²) in [6.07, 6.45) is -1.29. The van der Waals surface area contributed by atoms with Gasteiger partial charge in [0, 0.05) is 13.1 Å². The number of ether oxygens (including phenoxy) is 2. The smallest absolute Gasteiger partial charge is 0.409 e. The van der Waals surface area contributed by atoms with Crippen LogP contribution in [0.2, 0.25) is 0 Å². The number of hydrogen-bond donors (Lipinski definition) is 0. The number of carbonyl (C=O) groups is 2. The zero-order valence-electron chi connectivity index (χ0n) is 13.7. The summed E-state index contributed by atoms with van der Waals surface area (Å²) in [5.41, 5.74) is 0. The lowest BCUT2D eigenvalue weighted by atomic mass is 10.3. The van der Waals surface area contributed by atoms with Crippen molar-refractivity contribution in [3.05, 3.63) is 60.7 Å². The molecule has 0 aromatic heterocycles. The summed E-state index contributed by atoms with van der Waals surface area (Å²) in [5.74, 6) is 0.821. The van der Waals surface area contributed by atoms with Gasteiger partial charge in [-0.3, -0.25) is 0 Å². The molecule has 0 bridgehead atoms. The summed E-state index contributed by atoms with van der Waals surface area (Å²) in [6.45, 7) is 4.04. The Kier molecular flexibility index (Phi) is 6.19. The molecule has 0 aliphatic heterocycles. The molecule has 2 amide bonds. The van der Waals surface area contributed by atoms with Crippen molar-refractivity contribution in [2.24, 2.45) is 0 Å². The van der Waals surface area contributed by atoms with E-state index in [2.05, 4.69) is 0 Å². The van der Waals surface area contributed by atoms with Gasteiger partial charge in [-0.2, -0.15) is 0 Å². The molecule has 0 spiro atoms. The van der Waals surface area contributed by atoms with Crippen LogP contribution in [0.1, 0.15) is 13.8 Å². The summed E-state index contributed by atoms with van der Waals surface area (Å²) < 4.78 is 10.6. The maximum absolute atomic E-state index is 12.4. The molecule has 0 unspecified atom stereocenters. The van der Waals surface area contributed by atoms with Crippen LogP contribution in [0.4, 0.5) is 9.59 Å². The summed E-state index contributed by atoms with van der Waals surface area (Å²) in [4.78, 5) is 24.7. The van der Waals surface area contributed by atoms with Gasteiger partial charge in [0.25, 0.3) is 0 Å². The lowest BCUT2D eigenvalue weighted by molar-refractivity contribution is 0.0147. The Balaban J connectivity index is 2.07. The molecule has 0 heterocycles. The van der Waals surface area contributed by atoms with Gasteiger partial charge in [0.1, 0.15) is 11.5 Å². The molecule has 126 valence electrons. The minimum absolute atomic E-state index is 0.267. The fourth-order valence-corrected chi connectivity index (χ4v) is 2.08. The molecule has 0 aliphatic carbocycles. The standard InChI is InChI=1S/C18H20N2O4/c1-3-19(17(21)23-15-11-7-5-8-12-15)20(4-2)18(22)24-16-13-9-6-10-14-16/h5-14H,3-4H2,1-2H3. The van der Waals surface area contributed by atoms with E-state index in [4.69, 9.17) is 9.47 Å². The van der Waals surface area contributed by atoms with Gasteiger partial charge in [0.05, 0.1) is 0 Å². The number of amides is 2. The van der Waals surface area contributed by atoms with Crippen LogP contribution >= 0.6 is 0 Å². The zero-order valence-corrected chi connectivity index (χ0v) is 13.7. The Labute approximate surface area is 141 Å². The van der Waals surface area contributed by atoms with Crippen molar-refractivity contribution in [2.75, 3.05) is 13.1 Å². The summed E-state index contributed by atoms with van der Waals surface area (Å²) in [5, 5.41) is 2.41. The topological polar surface area (TPSA) is 59.1 Å². The fourth-order valence-electron chi connectivity index (χ4n) is 2.08. The van der Waals surface area contributed by atoms with Crippen LogP contribution in [0.15, 0.2) is 60.7 Å². The average Bonchev–Trinajstić information content (AvgIpc) is 2.61. The second-order valence-corrected chi connectivity index (χ2v) is 4.79. The molecular weight excluding hydrogens is 308 g/mol. The maximum Gasteiger partial charge on any atom is 0.434 e. The number of rotatable bonds is 4. The Bertz CT molecular complexity index is 602. The normalized spacial score (nSPS) is 9.92. The SMILES string of the molecule is CCN(C(=O)Oc1ccccc1)N(CC)C(=O)Oc1ccccc1. The van der Waals surface area contributed by atoms with Gasteiger partial charge < -0.3 is 9.47 Å². The van der Waals surface area contributed by atoms with Gasteiger partial charge in [-0.05, 0) is 38.1 Å². The van der Waals surface area contributed by atoms with Gasteiger partial charge in [-0.25, -0.2) is 19.6 Å². The average molecular weight is 328 g/mol. The molecule has 6 heteroatoms. The molecule has 0 aliphatic rings. The highest BCUT2D eigenvalue weighted by atomic mass is 16.6. The first-order chi connectivity index (χ1) is 11.7. The molecule has 0 N–H and O–H groups in total. The van der Waals surface area contributed by atoms with Crippen molar-refractivity contribution in [2.45, 2.75) is 13.8 Å². The minimum atomic E-state index is -0.643. The number of hydrogen-bond acceptors (Lipinski definition) is 4. The lowest BCUT2D eigenvalue weighted by Gasteiger charge is -2.31. The van der Waals surface area contributed by atoms with Crippen LogP contribution in [-0.4, -0.2) is 35.3 Å². The van der Waals surface area contributed by atoms with Crippen molar-refractivity contribution in [1.82, 2.24) is 10.0 Å². The first kappa shape index (κ1) is 17.3. The van der Waals surface area contributed by atoms with E-state index in [1.165, 1.54) is 10.0 Å². The van der Waals surface area contributed by atoms with E-state index >= 15 is 0 Å². The third kappa shape index (κ3) is 4.49. The molecular formula is C18H20N2O4. The molecule has 6 nitrogen and oxygen atoms in total. The van der Waals surface area contributed by atoms with E-state index in [0.29, 0.717) is 11.5 Å². The lowest BCUT2D eigenvalue weighted by Crippen LogP contribution is -2.51. The van der Waals surface area contributed by atoms with E-state index in [-0.39, 0.29) is 13.1 Å². The van der Waals surface area contributed by atoms with Crippen LogP contribution in [0, 0.1) is 0 Å². The van der Waals surface area contributed by atoms with Crippen molar-refractivity contribution < 1.29 is 19.1 Å². The Morgan fingerprint density at radius 3 is 1.33 bits per heavy atom. The fraction of sp³-hybridized carbons (Fsp3) is 0.222. The van der Waals surface area contributed by atoms with Crippen LogP contribution in [0.25, 0.3) is 0 Å². The third-order valence-electron chi connectivity index (χ3n) is 3.21. The van der Waals surface area contributed by atoms with E-state index < -0.39 is 12.2 Å². The highest BCUT2D eigenvalue weighted by Gasteiger charge is 2.26. The quantitative estimate of drug-likeness (QED) is 0.798. The molecule has 0 saturated heterocycles. The predicted octanol–water partition coefficient (Wildman–Crippen LogP) is 3.94. The van der Waals surface area contributed by atoms with E-state index in [0.717, 1.165) is 0 Å². The van der Waals surface area contributed by atoms with Crippen molar-refractivity contribution >= 4 is 12.2 Å². The second kappa shape index (κ2) is 8.57. The first-order valence-corrected chi connectivity index (χ1v) is 7.74. The van der Waals surface area contributed by atoms with E-state index in [1.807, 2.05) is 12.1 Å². The first-order valence-electron chi connectivity index (χ1n) is 7.74.